The van der Waals surface area contributed by atoms with Crippen molar-refractivity contribution in [3.8, 4) is 0 Å². The van der Waals surface area contributed by atoms with Crippen molar-refractivity contribution >= 4 is 15.9 Å². The molecule has 1 aromatic rings. The van der Waals surface area contributed by atoms with Crippen molar-refractivity contribution in [2.45, 2.75) is 38.6 Å². The Morgan fingerprint density at radius 3 is 2.70 bits per heavy atom. The summed E-state index contributed by atoms with van der Waals surface area (Å²) < 4.78 is 1.22. The molecule has 112 valence electrons. The third kappa shape index (κ3) is 4.57. The smallest absolute Gasteiger partial charge is 0.0343 e. The maximum absolute atomic E-state index is 3.68. The summed E-state index contributed by atoms with van der Waals surface area (Å²) >= 11 is 3.68. The molecule has 0 amide bonds. The normalized spacial score (nSPS) is 17.2. The zero-order chi connectivity index (χ0) is 14.4. The molecular weight excluding hydrogens is 312 g/mol. The van der Waals surface area contributed by atoms with Crippen LogP contribution in [0.2, 0.25) is 0 Å². The molecule has 1 saturated carbocycles. The lowest BCUT2D eigenvalue weighted by atomic mass is 9.85. The van der Waals surface area contributed by atoms with Crippen LogP contribution in [0.5, 0.6) is 0 Å². The van der Waals surface area contributed by atoms with Gasteiger partial charge in [-0.3, -0.25) is 0 Å². The van der Waals surface area contributed by atoms with Gasteiger partial charge >= 0.3 is 0 Å². The average Bonchev–Trinajstić information content (AvgIpc) is 2.40. The Balaban J connectivity index is 1.87. The van der Waals surface area contributed by atoms with E-state index in [0.717, 1.165) is 19.0 Å². The van der Waals surface area contributed by atoms with E-state index in [1.807, 2.05) is 0 Å². The number of halogens is 1. The highest BCUT2D eigenvalue weighted by atomic mass is 79.9. The van der Waals surface area contributed by atoms with Crippen LogP contribution in [-0.2, 0) is 0 Å². The minimum absolute atomic E-state index is 0.444. The lowest BCUT2D eigenvalue weighted by molar-refractivity contribution is 0.199. The lowest BCUT2D eigenvalue weighted by Gasteiger charge is -2.31. The molecule has 1 aliphatic carbocycles. The molecule has 0 aromatic heterocycles. The van der Waals surface area contributed by atoms with Gasteiger partial charge < -0.3 is 10.2 Å². The number of rotatable bonds is 8. The lowest BCUT2D eigenvalue weighted by Crippen LogP contribution is -2.32. The molecule has 0 radical (unpaired) electrons. The van der Waals surface area contributed by atoms with Crippen molar-refractivity contribution in [3.63, 3.8) is 0 Å². The van der Waals surface area contributed by atoms with E-state index in [1.54, 1.807) is 0 Å². The fourth-order valence-electron chi connectivity index (χ4n) is 2.93. The largest absolute Gasteiger partial charge is 0.310 e. The molecule has 1 N–H and O–H groups in total. The van der Waals surface area contributed by atoms with E-state index in [4.69, 9.17) is 0 Å². The Labute approximate surface area is 132 Å². The van der Waals surface area contributed by atoms with Crippen molar-refractivity contribution in [1.29, 1.82) is 0 Å². The first kappa shape index (κ1) is 16.0. The second kappa shape index (κ2) is 8.16. The van der Waals surface area contributed by atoms with Gasteiger partial charge in [0.15, 0.2) is 0 Å². The van der Waals surface area contributed by atoms with Crippen LogP contribution in [0.1, 0.15) is 44.2 Å². The third-order valence-electron chi connectivity index (χ3n) is 4.33. The molecule has 1 fully saturated rings. The SMILES string of the molecule is CCNC(CCN(C)CC1CCC1)c1ccccc1Br. The molecule has 0 heterocycles. The van der Waals surface area contributed by atoms with E-state index in [-0.39, 0.29) is 0 Å². The number of hydrogen-bond donors (Lipinski definition) is 1. The van der Waals surface area contributed by atoms with Gasteiger partial charge in [-0.1, -0.05) is 47.5 Å². The molecule has 1 atom stereocenters. The molecule has 0 bridgehead atoms. The van der Waals surface area contributed by atoms with Gasteiger partial charge in [0.05, 0.1) is 0 Å². The van der Waals surface area contributed by atoms with Gasteiger partial charge in [-0.15, -0.1) is 0 Å². The van der Waals surface area contributed by atoms with Crippen LogP contribution in [0.4, 0.5) is 0 Å². The first-order valence-electron chi connectivity index (χ1n) is 7.87. The topological polar surface area (TPSA) is 15.3 Å². The van der Waals surface area contributed by atoms with Gasteiger partial charge in [0.25, 0.3) is 0 Å². The molecule has 2 nitrogen and oxygen atoms in total. The first-order valence-corrected chi connectivity index (χ1v) is 8.66. The highest BCUT2D eigenvalue weighted by Gasteiger charge is 2.20. The van der Waals surface area contributed by atoms with Crippen LogP contribution in [0.25, 0.3) is 0 Å². The summed E-state index contributed by atoms with van der Waals surface area (Å²) in [6.45, 7) is 5.63. The molecule has 1 aliphatic rings. The van der Waals surface area contributed by atoms with Crippen LogP contribution in [0, 0.1) is 5.92 Å². The van der Waals surface area contributed by atoms with Gasteiger partial charge in [-0.25, -0.2) is 0 Å². The number of nitrogens with one attached hydrogen (secondary N) is 1. The maximum Gasteiger partial charge on any atom is 0.0343 e. The molecular formula is C17H27BrN2. The van der Waals surface area contributed by atoms with E-state index in [1.165, 1.54) is 42.3 Å². The van der Waals surface area contributed by atoms with E-state index in [0.29, 0.717) is 6.04 Å². The van der Waals surface area contributed by atoms with Crippen molar-refractivity contribution in [3.05, 3.63) is 34.3 Å². The summed E-state index contributed by atoms with van der Waals surface area (Å²) in [5.41, 5.74) is 1.38. The molecule has 0 spiro atoms. The Bertz CT molecular complexity index is 404. The van der Waals surface area contributed by atoms with Crippen molar-refractivity contribution < 1.29 is 0 Å². The van der Waals surface area contributed by atoms with E-state index < -0.39 is 0 Å². The summed E-state index contributed by atoms with van der Waals surface area (Å²) in [5, 5.41) is 3.62. The monoisotopic (exact) mass is 338 g/mol. The van der Waals surface area contributed by atoms with Crippen molar-refractivity contribution in [2.24, 2.45) is 5.92 Å². The fourth-order valence-corrected chi connectivity index (χ4v) is 3.49. The van der Waals surface area contributed by atoms with Gasteiger partial charge in [0.2, 0.25) is 0 Å². The van der Waals surface area contributed by atoms with E-state index in [9.17, 15) is 0 Å². The third-order valence-corrected chi connectivity index (χ3v) is 5.05. The van der Waals surface area contributed by atoms with Crippen molar-refractivity contribution in [2.75, 3.05) is 26.7 Å². The summed E-state index contributed by atoms with van der Waals surface area (Å²) in [6.07, 6.45) is 5.48. The number of benzene rings is 1. The van der Waals surface area contributed by atoms with Gasteiger partial charge in [0.1, 0.15) is 0 Å². The molecule has 0 aliphatic heterocycles. The fraction of sp³-hybridized carbons (Fsp3) is 0.647. The molecule has 1 unspecified atom stereocenters. The van der Waals surface area contributed by atoms with Crippen LogP contribution in [-0.4, -0.2) is 31.6 Å². The molecule has 2 rings (SSSR count). The number of hydrogen-bond acceptors (Lipinski definition) is 2. The Morgan fingerprint density at radius 1 is 1.35 bits per heavy atom. The van der Waals surface area contributed by atoms with Gasteiger partial charge in [-0.2, -0.15) is 0 Å². The molecule has 1 aromatic carbocycles. The number of nitrogens with zero attached hydrogens (tertiary/aromatic N) is 1. The van der Waals surface area contributed by atoms with Gasteiger partial charge in [0, 0.05) is 17.1 Å². The van der Waals surface area contributed by atoms with Crippen LogP contribution in [0.3, 0.4) is 0 Å². The summed E-state index contributed by atoms with van der Waals surface area (Å²) in [6, 6.07) is 9.02. The summed E-state index contributed by atoms with van der Waals surface area (Å²) in [7, 11) is 2.27. The van der Waals surface area contributed by atoms with Crippen LogP contribution >= 0.6 is 15.9 Å². The van der Waals surface area contributed by atoms with Crippen LogP contribution in [0.15, 0.2) is 28.7 Å². The van der Waals surface area contributed by atoms with Gasteiger partial charge in [-0.05, 0) is 56.9 Å². The predicted octanol–water partition coefficient (Wildman–Crippen LogP) is 4.22. The highest BCUT2D eigenvalue weighted by Crippen LogP contribution is 2.28. The van der Waals surface area contributed by atoms with E-state index >= 15 is 0 Å². The first-order chi connectivity index (χ1) is 9.70. The second-order valence-electron chi connectivity index (χ2n) is 5.98. The molecule has 0 saturated heterocycles. The molecule has 3 heteroatoms. The Hall–Kier alpha value is -0.380. The summed E-state index contributed by atoms with van der Waals surface area (Å²) in [5.74, 6) is 0.959. The Morgan fingerprint density at radius 2 is 2.10 bits per heavy atom. The zero-order valence-electron chi connectivity index (χ0n) is 12.7. The second-order valence-corrected chi connectivity index (χ2v) is 6.83. The van der Waals surface area contributed by atoms with Crippen LogP contribution < -0.4 is 5.32 Å². The van der Waals surface area contributed by atoms with E-state index in [2.05, 4.69) is 64.4 Å². The minimum Gasteiger partial charge on any atom is -0.310 e. The summed E-state index contributed by atoms with van der Waals surface area (Å²) in [4.78, 5) is 2.50. The quantitative estimate of drug-likeness (QED) is 0.763. The Kier molecular flexibility index (Phi) is 6.53. The zero-order valence-corrected chi connectivity index (χ0v) is 14.3. The van der Waals surface area contributed by atoms with Crippen molar-refractivity contribution in [1.82, 2.24) is 10.2 Å². The predicted molar refractivity (Wildman–Crippen MR) is 90.0 cm³/mol. The highest BCUT2D eigenvalue weighted by molar-refractivity contribution is 9.10. The standard InChI is InChI=1S/C17H27BrN2/c1-3-19-17(15-9-4-5-10-16(15)18)11-12-20(2)13-14-7-6-8-14/h4-5,9-10,14,17,19H,3,6-8,11-13H2,1-2H3. The average molecular weight is 339 g/mol. The minimum atomic E-state index is 0.444. The maximum atomic E-state index is 3.68. The molecule has 20 heavy (non-hydrogen) atoms.